The van der Waals surface area contributed by atoms with Gasteiger partial charge in [0.15, 0.2) is 0 Å². The zero-order chi connectivity index (χ0) is 13.1. The lowest BCUT2D eigenvalue weighted by atomic mass is 9.95. The number of hydrogen-bond donors (Lipinski definition) is 1. The van der Waals surface area contributed by atoms with E-state index in [1.165, 1.54) is 4.88 Å². The predicted molar refractivity (Wildman–Crippen MR) is 81.6 cm³/mol. The first-order valence-corrected chi connectivity index (χ1v) is 8.40. The molecule has 0 amide bonds. The van der Waals surface area contributed by atoms with E-state index in [1.54, 1.807) is 11.3 Å². The molecular weight excluding hydrogens is 334 g/mol. The van der Waals surface area contributed by atoms with Crippen LogP contribution in [-0.4, -0.2) is 19.3 Å². The highest BCUT2D eigenvalue weighted by Gasteiger charge is 2.31. The fourth-order valence-electron chi connectivity index (χ4n) is 2.40. The molecular formula is C13H19BrClNOS. The van der Waals surface area contributed by atoms with Gasteiger partial charge in [-0.2, -0.15) is 0 Å². The average Bonchev–Trinajstić information content (AvgIpc) is 2.88. The second-order valence-corrected chi connectivity index (χ2v) is 7.38. The molecule has 2 rings (SSSR count). The van der Waals surface area contributed by atoms with Crippen LogP contribution in [0.5, 0.6) is 0 Å². The Balaban J connectivity index is 2.13. The molecule has 1 fully saturated rings. The van der Waals surface area contributed by atoms with Gasteiger partial charge in [-0.1, -0.05) is 18.5 Å². The van der Waals surface area contributed by atoms with Crippen LogP contribution in [0.25, 0.3) is 0 Å². The number of thiophene rings is 1. The van der Waals surface area contributed by atoms with Crippen molar-refractivity contribution in [2.45, 2.75) is 38.8 Å². The summed E-state index contributed by atoms with van der Waals surface area (Å²) in [5.41, 5.74) is 0. The third-order valence-electron chi connectivity index (χ3n) is 3.29. The first-order chi connectivity index (χ1) is 8.61. The lowest BCUT2D eigenvalue weighted by Gasteiger charge is -2.22. The summed E-state index contributed by atoms with van der Waals surface area (Å²) < 4.78 is 7.54. The topological polar surface area (TPSA) is 21.3 Å². The van der Waals surface area contributed by atoms with Gasteiger partial charge in [-0.25, -0.2) is 0 Å². The highest BCUT2D eigenvalue weighted by Crippen LogP contribution is 2.40. The quantitative estimate of drug-likeness (QED) is 0.834. The van der Waals surface area contributed by atoms with Gasteiger partial charge in [-0.05, 0) is 48.3 Å². The van der Waals surface area contributed by atoms with E-state index in [-0.39, 0.29) is 0 Å². The van der Waals surface area contributed by atoms with Crippen molar-refractivity contribution in [3.63, 3.8) is 0 Å². The van der Waals surface area contributed by atoms with E-state index in [0.717, 1.165) is 34.8 Å². The van der Waals surface area contributed by atoms with Crippen LogP contribution in [0.1, 0.15) is 37.6 Å². The van der Waals surface area contributed by atoms with Crippen molar-refractivity contribution in [2.75, 3.05) is 13.2 Å². The molecule has 0 saturated carbocycles. The molecule has 1 aromatic heterocycles. The summed E-state index contributed by atoms with van der Waals surface area (Å²) in [6, 6.07) is 2.51. The van der Waals surface area contributed by atoms with E-state index in [2.05, 4.69) is 41.2 Å². The average molecular weight is 353 g/mol. The fourth-order valence-corrected chi connectivity index (χ4v) is 4.30. The van der Waals surface area contributed by atoms with Crippen molar-refractivity contribution in [2.24, 2.45) is 5.92 Å². The van der Waals surface area contributed by atoms with Crippen molar-refractivity contribution < 1.29 is 4.74 Å². The third-order valence-corrected chi connectivity index (χ3v) is 5.84. The molecule has 0 spiro atoms. The van der Waals surface area contributed by atoms with Gasteiger partial charge in [0, 0.05) is 21.3 Å². The maximum Gasteiger partial charge on any atom is 0.107 e. The summed E-state index contributed by atoms with van der Waals surface area (Å²) in [6.45, 7) is 6.21. The Morgan fingerprint density at radius 3 is 2.94 bits per heavy atom. The van der Waals surface area contributed by atoms with Crippen LogP contribution in [0.3, 0.4) is 0 Å². The Morgan fingerprint density at radius 2 is 2.44 bits per heavy atom. The summed E-state index contributed by atoms with van der Waals surface area (Å²) in [4.78, 5) is 1.31. The number of ether oxygens (including phenoxy) is 1. The summed E-state index contributed by atoms with van der Waals surface area (Å²) >= 11 is 11.3. The lowest BCUT2D eigenvalue weighted by molar-refractivity contribution is 0.117. The van der Waals surface area contributed by atoms with Crippen molar-refractivity contribution in [1.29, 1.82) is 0 Å². The van der Waals surface area contributed by atoms with E-state index in [4.69, 9.17) is 16.3 Å². The molecule has 3 atom stereocenters. The zero-order valence-electron chi connectivity index (χ0n) is 10.7. The highest BCUT2D eigenvalue weighted by atomic mass is 79.9. The first-order valence-electron chi connectivity index (χ1n) is 6.41. The summed E-state index contributed by atoms with van der Waals surface area (Å²) in [6.07, 6.45) is 2.63. The molecule has 18 heavy (non-hydrogen) atoms. The van der Waals surface area contributed by atoms with E-state index in [1.807, 2.05) is 0 Å². The summed E-state index contributed by atoms with van der Waals surface area (Å²) in [5.74, 6) is 0.549. The first kappa shape index (κ1) is 14.8. The standard InChI is InChI=1S/C13H19BrClNOS/c1-3-4-16-12(9-5-8(2)17-7-9)11-6-10(14)13(15)18-11/h6,8-9,12,16H,3-5,7H2,1-2H3. The molecule has 1 saturated heterocycles. The maximum absolute atomic E-state index is 6.16. The van der Waals surface area contributed by atoms with Crippen LogP contribution in [0.4, 0.5) is 0 Å². The second-order valence-electron chi connectivity index (χ2n) is 4.84. The minimum absolute atomic E-state index is 0.365. The fraction of sp³-hybridized carbons (Fsp3) is 0.692. The molecule has 2 heterocycles. The van der Waals surface area contributed by atoms with Gasteiger partial charge in [-0.15, -0.1) is 11.3 Å². The number of hydrogen-bond acceptors (Lipinski definition) is 3. The minimum Gasteiger partial charge on any atom is -0.378 e. The van der Waals surface area contributed by atoms with Crippen molar-refractivity contribution in [3.05, 3.63) is 19.8 Å². The molecule has 5 heteroatoms. The molecule has 1 aliphatic heterocycles. The Morgan fingerprint density at radius 1 is 1.67 bits per heavy atom. The van der Waals surface area contributed by atoms with Crippen LogP contribution in [0, 0.1) is 5.92 Å². The molecule has 2 nitrogen and oxygen atoms in total. The van der Waals surface area contributed by atoms with Crippen LogP contribution in [0.15, 0.2) is 10.5 Å². The van der Waals surface area contributed by atoms with Gasteiger partial charge in [0.25, 0.3) is 0 Å². The number of rotatable bonds is 5. The molecule has 1 aliphatic rings. The highest BCUT2D eigenvalue weighted by molar-refractivity contribution is 9.10. The van der Waals surface area contributed by atoms with Gasteiger partial charge in [0.2, 0.25) is 0 Å². The van der Waals surface area contributed by atoms with Crippen LogP contribution < -0.4 is 5.32 Å². The van der Waals surface area contributed by atoms with Gasteiger partial charge in [0.1, 0.15) is 4.34 Å². The number of nitrogens with one attached hydrogen (secondary N) is 1. The van der Waals surface area contributed by atoms with Gasteiger partial charge in [0.05, 0.1) is 12.7 Å². The second kappa shape index (κ2) is 6.71. The van der Waals surface area contributed by atoms with Crippen LogP contribution >= 0.6 is 38.9 Å². The molecule has 1 N–H and O–H groups in total. The Hall–Kier alpha value is 0.390. The Labute approximate surface area is 126 Å². The maximum atomic E-state index is 6.16. The van der Waals surface area contributed by atoms with Crippen molar-refractivity contribution >= 4 is 38.9 Å². The molecule has 102 valence electrons. The Bertz CT molecular complexity index is 379. The zero-order valence-corrected chi connectivity index (χ0v) is 13.9. The third kappa shape index (κ3) is 3.48. The smallest absolute Gasteiger partial charge is 0.107 e. The molecule has 1 aromatic rings. The molecule has 0 aromatic carbocycles. The van der Waals surface area contributed by atoms with Crippen molar-refractivity contribution in [3.8, 4) is 0 Å². The van der Waals surface area contributed by atoms with E-state index in [0.29, 0.717) is 18.1 Å². The number of halogens is 2. The largest absolute Gasteiger partial charge is 0.378 e. The Kier molecular flexibility index (Phi) is 5.51. The summed E-state index contributed by atoms with van der Waals surface area (Å²) in [5, 5.41) is 3.64. The summed E-state index contributed by atoms with van der Waals surface area (Å²) in [7, 11) is 0. The van der Waals surface area contributed by atoms with Crippen molar-refractivity contribution in [1.82, 2.24) is 5.32 Å². The SMILES string of the molecule is CCCNC(c1cc(Br)c(Cl)s1)C1COC(C)C1. The van der Waals surface area contributed by atoms with Gasteiger partial charge >= 0.3 is 0 Å². The van der Waals surface area contributed by atoms with E-state index in [9.17, 15) is 0 Å². The van der Waals surface area contributed by atoms with Crippen LogP contribution in [0.2, 0.25) is 4.34 Å². The molecule has 0 aliphatic carbocycles. The normalized spacial score (nSPS) is 25.6. The molecule has 3 unspecified atom stereocenters. The van der Waals surface area contributed by atoms with Crippen LogP contribution in [-0.2, 0) is 4.74 Å². The lowest BCUT2D eigenvalue weighted by Crippen LogP contribution is -2.28. The van der Waals surface area contributed by atoms with Gasteiger partial charge < -0.3 is 10.1 Å². The predicted octanol–water partition coefficient (Wildman–Crippen LogP) is 4.63. The molecule has 0 radical (unpaired) electrons. The minimum atomic E-state index is 0.365. The van der Waals surface area contributed by atoms with E-state index >= 15 is 0 Å². The van der Waals surface area contributed by atoms with E-state index < -0.39 is 0 Å². The van der Waals surface area contributed by atoms with Gasteiger partial charge in [-0.3, -0.25) is 0 Å². The molecule has 0 bridgehead atoms. The monoisotopic (exact) mass is 351 g/mol.